The van der Waals surface area contributed by atoms with E-state index >= 15 is 0 Å². The van der Waals surface area contributed by atoms with E-state index in [2.05, 4.69) is 34.6 Å². The maximum atomic E-state index is 12.8. The van der Waals surface area contributed by atoms with Gasteiger partial charge in [-0.05, 0) is 31.1 Å². The van der Waals surface area contributed by atoms with Crippen LogP contribution < -0.4 is 0 Å². The van der Waals surface area contributed by atoms with Gasteiger partial charge in [-0.2, -0.15) is 0 Å². The fraction of sp³-hybridized carbons (Fsp3) is 0.948. The van der Waals surface area contributed by atoms with Crippen molar-refractivity contribution in [3.8, 4) is 0 Å². The summed E-state index contributed by atoms with van der Waals surface area (Å²) < 4.78 is 16.9. The van der Waals surface area contributed by atoms with Gasteiger partial charge in [-0.25, -0.2) is 0 Å². The van der Waals surface area contributed by atoms with Crippen LogP contribution in [-0.2, 0) is 28.6 Å². The van der Waals surface area contributed by atoms with Crippen molar-refractivity contribution in [3.05, 3.63) is 0 Å². The second-order valence-corrected chi connectivity index (χ2v) is 20.9. The highest BCUT2D eigenvalue weighted by Crippen LogP contribution is 2.18. The minimum absolute atomic E-state index is 0.0632. The average molecular weight is 906 g/mol. The van der Waals surface area contributed by atoms with Crippen LogP contribution in [0.4, 0.5) is 0 Å². The molecule has 1 atom stereocenters. The lowest BCUT2D eigenvalue weighted by molar-refractivity contribution is -0.167. The van der Waals surface area contributed by atoms with Crippen molar-refractivity contribution < 1.29 is 28.6 Å². The maximum absolute atomic E-state index is 12.8. The van der Waals surface area contributed by atoms with E-state index in [9.17, 15) is 14.4 Å². The number of carbonyl (C=O) groups is 3. The van der Waals surface area contributed by atoms with Gasteiger partial charge in [0.05, 0.1) is 0 Å². The molecule has 0 fully saturated rings. The Morgan fingerprint density at radius 2 is 0.516 bits per heavy atom. The molecule has 0 spiro atoms. The molecule has 0 aliphatic rings. The first-order valence-electron chi connectivity index (χ1n) is 28.7. The molecular weight excluding hydrogens is 793 g/mol. The molecule has 64 heavy (non-hydrogen) atoms. The Balaban J connectivity index is 4.26. The van der Waals surface area contributed by atoms with Crippen LogP contribution in [0.15, 0.2) is 0 Å². The fourth-order valence-corrected chi connectivity index (χ4v) is 8.87. The second kappa shape index (κ2) is 50.8. The largest absolute Gasteiger partial charge is 0.462 e. The molecule has 6 heteroatoms. The Hall–Kier alpha value is -1.59. The number of rotatable bonds is 52. The third kappa shape index (κ3) is 51.4. The van der Waals surface area contributed by atoms with E-state index in [4.69, 9.17) is 14.2 Å². The van der Waals surface area contributed by atoms with Gasteiger partial charge in [0.1, 0.15) is 13.2 Å². The summed E-state index contributed by atoms with van der Waals surface area (Å²) in [4.78, 5) is 38.1. The Kier molecular flexibility index (Phi) is 49.6. The zero-order chi connectivity index (χ0) is 46.8. The third-order valence-corrected chi connectivity index (χ3v) is 13.2. The Bertz CT molecular complexity index is 978. The maximum Gasteiger partial charge on any atom is 0.306 e. The number of hydrogen-bond donors (Lipinski definition) is 0. The lowest BCUT2D eigenvalue weighted by Gasteiger charge is -2.18. The molecule has 0 aromatic heterocycles. The van der Waals surface area contributed by atoms with E-state index in [0.29, 0.717) is 19.3 Å². The molecule has 0 aromatic carbocycles. The predicted octanol–water partition coefficient (Wildman–Crippen LogP) is 18.9. The molecule has 0 saturated heterocycles. The van der Waals surface area contributed by atoms with Crippen molar-refractivity contribution >= 4 is 17.9 Å². The van der Waals surface area contributed by atoms with Crippen LogP contribution in [0.3, 0.4) is 0 Å². The van der Waals surface area contributed by atoms with E-state index in [0.717, 1.165) is 69.6 Å². The first-order chi connectivity index (χ1) is 31.2. The topological polar surface area (TPSA) is 78.9 Å². The van der Waals surface area contributed by atoms with Gasteiger partial charge in [-0.3, -0.25) is 14.4 Å². The Morgan fingerprint density at radius 3 is 0.766 bits per heavy atom. The van der Waals surface area contributed by atoms with Crippen LogP contribution in [0, 0.1) is 11.8 Å². The third-order valence-electron chi connectivity index (χ3n) is 13.2. The molecule has 0 aliphatic heterocycles. The van der Waals surface area contributed by atoms with Gasteiger partial charge in [0.25, 0.3) is 0 Å². The molecule has 0 aromatic rings. The summed E-state index contributed by atoms with van der Waals surface area (Å²) in [6, 6.07) is 0. The quantitative estimate of drug-likeness (QED) is 0.0344. The minimum atomic E-state index is -0.763. The van der Waals surface area contributed by atoms with E-state index in [1.165, 1.54) is 212 Å². The Morgan fingerprint density at radius 1 is 0.297 bits per heavy atom. The van der Waals surface area contributed by atoms with Crippen molar-refractivity contribution in [1.82, 2.24) is 0 Å². The summed E-state index contributed by atoms with van der Waals surface area (Å²) in [5.74, 6) is 0.799. The van der Waals surface area contributed by atoms with Crippen molar-refractivity contribution in [2.75, 3.05) is 13.2 Å². The van der Waals surface area contributed by atoms with Gasteiger partial charge in [0.15, 0.2) is 6.10 Å². The minimum Gasteiger partial charge on any atom is -0.462 e. The van der Waals surface area contributed by atoms with E-state index in [1.54, 1.807) is 0 Å². The number of carbonyl (C=O) groups excluding carboxylic acids is 3. The smallest absolute Gasteiger partial charge is 0.306 e. The lowest BCUT2D eigenvalue weighted by Crippen LogP contribution is -2.30. The molecule has 0 unspecified atom stereocenters. The van der Waals surface area contributed by atoms with Crippen LogP contribution in [0.5, 0.6) is 0 Å². The summed E-state index contributed by atoms with van der Waals surface area (Å²) in [6.07, 6.45) is 53.9. The summed E-state index contributed by atoms with van der Waals surface area (Å²) >= 11 is 0. The molecule has 380 valence electrons. The van der Waals surface area contributed by atoms with Crippen LogP contribution >= 0.6 is 0 Å². The average Bonchev–Trinajstić information content (AvgIpc) is 3.27. The fourth-order valence-electron chi connectivity index (χ4n) is 8.87. The van der Waals surface area contributed by atoms with Crippen LogP contribution in [0.2, 0.25) is 0 Å². The molecule has 0 bridgehead atoms. The van der Waals surface area contributed by atoms with Crippen molar-refractivity contribution in [1.29, 1.82) is 0 Å². The molecule has 0 N–H and O–H groups in total. The molecule has 0 saturated carbocycles. The zero-order valence-corrected chi connectivity index (χ0v) is 43.9. The summed E-state index contributed by atoms with van der Waals surface area (Å²) in [5, 5.41) is 0. The molecule has 6 nitrogen and oxygen atoms in total. The lowest BCUT2D eigenvalue weighted by atomic mass is 10.0. The first kappa shape index (κ1) is 62.4. The van der Waals surface area contributed by atoms with Crippen molar-refractivity contribution in [2.24, 2.45) is 11.8 Å². The monoisotopic (exact) mass is 905 g/mol. The van der Waals surface area contributed by atoms with Crippen molar-refractivity contribution in [2.45, 2.75) is 330 Å². The number of ether oxygens (including phenoxy) is 3. The molecule has 0 aliphatic carbocycles. The van der Waals surface area contributed by atoms with Gasteiger partial charge < -0.3 is 14.2 Å². The van der Waals surface area contributed by atoms with Gasteiger partial charge in [-0.15, -0.1) is 0 Å². The van der Waals surface area contributed by atoms with E-state index in [1.807, 2.05) is 0 Å². The summed E-state index contributed by atoms with van der Waals surface area (Å²) in [6.45, 7) is 11.4. The molecule has 0 heterocycles. The SMILES string of the molecule is CCCCCCCCCCCCCCCCCCCCC(=O)O[C@@H](COC(=O)CCCCCCCCCCCCCCCCC(C)C)COC(=O)CCCCCCCCCCC(C)C. The standard InChI is InChI=1S/C58H112O6/c1-6-7-8-9-10-11-12-13-14-15-16-17-22-25-28-35-40-45-50-58(61)64-55(52-63-57(60)49-44-39-34-30-29-32-37-42-47-54(4)5)51-62-56(59)48-43-38-33-27-24-21-19-18-20-23-26-31-36-41-46-53(2)3/h53-55H,6-52H2,1-5H3/t55-/m0/s1. The van der Waals surface area contributed by atoms with E-state index < -0.39 is 6.10 Å². The highest BCUT2D eigenvalue weighted by Gasteiger charge is 2.19. The highest BCUT2D eigenvalue weighted by molar-refractivity contribution is 5.71. The molecule has 0 radical (unpaired) electrons. The molecule has 0 amide bonds. The summed E-state index contributed by atoms with van der Waals surface area (Å²) in [7, 11) is 0. The predicted molar refractivity (Wildman–Crippen MR) is 275 cm³/mol. The van der Waals surface area contributed by atoms with Crippen molar-refractivity contribution in [3.63, 3.8) is 0 Å². The Labute approximate surface area is 399 Å². The van der Waals surface area contributed by atoms with Gasteiger partial charge in [0.2, 0.25) is 0 Å². The second-order valence-electron chi connectivity index (χ2n) is 20.9. The van der Waals surface area contributed by atoms with Crippen LogP contribution in [0.1, 0.15) is 324 Å². The van der Waals surface area contributed by atoms with Crippen LogP contribution in [0.25, 0.3) is 0 Å². The molecular formula is C58H112O6. The number of unbranched alkanes of at least 4 members (excludes halogenated alkanes) is 37. The highest BCUT2D eigenvalue weighted by atomic mass is 16.6. The van der Waals surface area contributed by atoms with Gasteiger partial charge in [0, 0.05) is 19.3 Å². The normalized spacial score (nSPS) is 12.0. The van der Waals surface area contributed by atoms with Gasteiger partial charge >= 0.3 is 17.9 Å². The van der Waals surface area contributed by atoms with Crippen LogP contribution in [-0.4, -0.2) is 37.2 Å². The molecule has 0 rings (SSSR count). The van der Waals surface area contributed by atoms with E-state index in [-0.39, 0.29) is 31.1 Å². The number of hydrogen-bond acceptors (Lipinski definition) is 6. The van der Waals surface area contributed by atoms with Gasteiger partial charge in [-0.1, -0.05) is 285 Å². The zero-order valence-electron chi connectivity index (χ0n) is 43.9. The summed E-state index contributed by atoms with van der Waals surface area (Å²) in [5.41, 5.74) is 0. The number of esters is 3. The first-order valence-corrected chi connectivity index (χ1v) is 28.7.